The minimum atomic E-state index is -3.29. The molecule has 0 unspecified atom stereocenters. The van der Waals surface area contributed by atoms with Crippen molar-refractivity contribution < 1.29 is 22.4 Å². The number of amides is 1. The highest BCUT2D eigenvalue weighted by Gasteiger charge is 2.33. The van der Waals surface area contributed by atoms with Gasteiger partial charge in [0.15, 0.2) is 9.84 Å². The number of rotatable bonds is 5. The van der Waals surface area contributed by atoms with Gasteiger partial charge in [-0.15, -0.1) is 0 Å². The van der Waals surface area contributed by atoms with E-state index in [4.69, 9.17) is 9.15 Å². The summed E-state index contributed by atoms with van der Waals surface area (Å²) in [5.74, 6) is 0.761. The fourth-order valence-corrected chi connectivity index (χ4v) is 4.85. The number of nitrogens with zero attached hydrogens (tertiary/aromatic N) is 1. The van der Waals surface area contributed by atoms with Crippen molar-refractivity contribution >= 4 is 15.7 Å². The molecule has 0 radical (unpaired) electrons. The zero-order valence-corrected chi connectivity index (χ0v) is 14.9. The molecular weight excluding hydrogens is 342 g/mol. The maximum atomic E-state index is 12.7. The van der Waals surface area contributed by atoms with Crippen LogP contribution < -0.4 is 4.74 Å². The van der Waals surface area contributed by atoms with Gasteiger partial charge >= 0.3 is 0 Å². The molecule has 6 nitrogen and oxygen atoms in total. The molecule has 0 spiro atoms. The van der Waals surface area contributed by atoms with Crippen LogP contribution >= 0.6 is 0 Å². The predicted molar refractivity (Wildman–Crippen MR) is 93.3 cm³/mol. The van der Waals surface area contributed by atoms with Crippen molar-refractivity contribution in [1.82, 2.24) is 4.90 Å². The van der Waals surface area contributed by atoms with E-state index >= 15 is 0 Å². The van der Waals surface area contributed by atoms with Gasteiger partial charge in [-0.3, -0.25) is 4.79 Å². The highest BCUT2D eigenvalue weighted by Crippen LogP contribution is 2.25. The molecule has 1 aliphatic rings. The Morgan fingerprint density at radius 3 is 2.56 bits per heavy atom. The van der Waals surface area contributed by atoms with E-state index < -0.39 is 15.1 Å². The normalized spacial score (nSPS) is 16.0. The molecule has 1 saturated heterocycles. The van der Waals surface area contributed by atoms with E-state index in [1.54, 1.807) is 35.2 Å². The molecule has 2 heterocycles. The molecular formula is C18H21NO5S. The monoisotopic (exact) mass is 363 g/mol. The van der Waals surface area contributed by atoms with Crippen LogP contribution in [0.15, 0.2) is 47.1 Å². The summed E-state index contributed by atoms with van der Waals surface area (Å²) < 4.78 is 35.4. The number of likely N-dealkylation sites (tertiary alicyclic amines) is 1. The molecule has 134 valence electrons. The van der Waals surface area contributed by atoms with Gasteiger partial charge in [0.2, 0.25) is 0 Å². The lowest BCUT2D eigenvalue weighted by atomic mass is 10.1. The van der Waals surface area contributed by atoms with Crippen molar-refractivity contribution in [3.05, 3.63) is 54.0 Å². The predicted octanol–water partition coefficient (Wildman–Crippen LogP) is 2.51. The van der Waals surface area contributed by atoms with Crippen LogP contribution in [0.3, 0.4) is 0 Å². The number of methoxy groups -OCH3 is 1. The van der Waals surface area contributed by atoms with Gasteiger partial charge in [0, 0.05) is 13.1 Å². The molecule has 3 rings (SSSR count). The molecule has 0 bridgehead atoms. The second-order valence-corrected chi connectivity index (χ2v) is 8.36. The van der Waals surface area contributed by atoms with Crippen LogP contribution in [0.1, 0.15) is 29.0 Å². The molecule has 0 N–H and O–H groups in total. The van der Waals surface area contributed by atoms with Crippen LogP contribution in [0.2, 0.25) is 0 Å². The molecule has 1 amide bonds. The second-order valence-electron chi connectivity index (χ2n) is 6.08. The van der Waals surface area contributed by atoms with Gasteiger partial charge in [-0.25, -0.2) is 8.42 Å². The Balaban J connectivity index is 1.64. The molecule has 1 aliphatic heterocycles. The summed E-state index contributed by atoms with van der Waals surface area (Å²) in [5.41, 5.74) is 0.502. The van der Waals surface area contributed by atoms with E-state index in [1.807, 2.05) is 6.07 Å². The number of furan rings is 1. The van der Waals surface area contributed by atoms with Crippen molar-refractivity contribution in [2.45, 2.75) is 23.8 Å². The van der Waals surface area contributed by atoms with Gasteiger partial charge in [-0.05, 0) is 37.1 Å². The number of ether oxygens (including phenoxy) is 1. The van der Waals surface area contributed by atoms with E-state index in [-0.39, 0.29) is 11.7 Å². The number of carbonyl (C=O) groups is 1. The van der Waals surface area contributed by atoms with Gasteiger partial charge in [0.1, 0.15) is 17.3 Å². The van der Waals surface area contributed by atoms with Crippen LogP contribution in [-0.2, 0) is 15.6 Å². The summed E-state index contributed by atoms with van der Waals surface area (Å²) >= 11 is 0. The lowest BCUT2D eigenvalue weighted by Gasteiger charge is -2.32. The van der Waals surface area contributed by atoms with Crippen molar-refractivity contribution in [3.8, 4) is 5.75 Å². The second kappa shape index (κ2) is 7.31. The first kappa shape index (κ1) is 17.5. The topological polar surface area (TPSA) is 76.8 Å². The lowest BCUT2D eigenvalue weighted by Crippen LogP contribution is -2.42. The van der Waals surface area contributed by atoms with E-state index in [0.29, 0.717) is 43.0 Å². The van der Waals surface area contributed by atoms with Gasteiger partial charge in [-0.1, -0.05) is 12.1 Å². The molecule has 2 aromatic rings. The van der Waals surface area contributed by atoms with Crippen LogP contribution in [0, 0.1) is 0 Å². The molecule has 1 aromatic heterocycles. The van der Waals surface area contributed by atoms with Gasteiger partial charge in [0.05, 0.1) is 24.2 Å². The number of para-hydroxylation sites is 1. The van der Waals surface area contributed by atoms with Crippen LogP contribution in [0.4, 0.5) is 0 Å². The maximum Gasteiger partial charge on any atom is 0.257 e. The van der Waals surface area contributed by atoms with Crippen LogP contribution in [-0.4, -0.2) is 44.7 Å². The number of hydrogen-bond acceptors (Lipinski definition) is 5. The van der Waals surface area contributed by atoms with Crippen molar-refractivity contribution in [3.63, 3.8) is 0 Å². The molecule has 0 atom stereocenters. The first-order chi connectivity index (χ1) is 12.0. The number of sulfone groups is 1. The Morgan fingerprint density at radius 2 is 1.92 bits per heavy atom. The minimum Gasteiger partial charge on any atom is -0.496 e. The molecule has 7 heteroatoms. The highest BCUT2D eigenvalue weighted by molar-refractivity contribution is 7.91. The summed E-state index contributed by atoms with van der Waals surface area (Å²) in [6.45, 7) is 0.831. The van der Waals surface area contributed by atoms with Crippen molar-refractivity contribution in [2.75, 3.05) is 20.2 Å². The summed E-state index contributed by atoms with van der Waals surface area (Å²) in [6, 6.07) is 10.4. The first-order valence-corrected chi connectivity index (χ1v) is 9.89. The SMILES string of the molecule is COc1ccccc1C(=O)N1CCC(S(=O)(=O)Cc2ccco2)CC1. The summed E-state index contributed by atoms with van der Waals surface area (Å²) in [6.07, 6.45) is 2.34. The third-order valence-corrected chi connectivity index (χ3v) is 6.67. The first-order valence-electron chi connectivity index (χ1n) is 8.17. The van der Waals surface area contributed by atoms with Crippen LogP contribution in [0.25, 0.3) is 0 Å². The molecule has 1 aromatic carbocycles. The minimum absolute atomic E-state index is 0.0921. The van der Waals surface area contributed by atoms with E-state index in [0.717, 1.165) is 0 Å². The Labute approximate surface area is 147 Å². The Kier molecular flexibility index (Phi) is 5.13. The van der Waals surface area contributed by atoms with Gasteiger partial charge in [-0.2, -0.15) is 0 Å². The third-order valence-electron chi connectivity index (χ3n) is 4.50. The molecule has 25 heavy (non-hydrogen) atoms. The standard InChI is InChI=1S/C18H21NO5S/c1-23-17-7-3-2-6-16(17)18(20)19-10-8-15(9-11-19)25(21,22)13-14-5-4-12-24-14/h2-7,12,15H,8-11,13H2,1H3. The number of piperidine rings is 1. The third kappa shape index (κ3) is 3.87. The fourth-order valence-electron chi connectivity index (χ4n) is 3.12. The quantitative estimate of drug-likeness (QED) is 0.816. The highest BCUT2D eigenvalue weighted by atomic mass is 32.2. The van der Waals surface area contributed by atoms with E-state index in [9.17, 15) is 13.2 Å². The van der Waals surface area contributed by atoms with E-state index in [1.165, 1.54) is 13.4 Å². The zero-order valence-electron chi connectivity index (χ0n) is 14.1. The fraction of sp³-hybridized carbons (Fsp3) is 0.389. The summed E-state index contributed by atoms with van der Waals surface area (Å²) in [4.78, 5) is 14.4. The number of carbonyl (C=O) groups excluding carboxylic acids is 1. The average molecular weight is 363 g/mol. The Hall–Kier alpha value is -2.28. The molecule has 0 saturated carbocycles. The van der Waals surface area contributed by atoms with Gasteiger partial charge < -0.3 is 14.1 Å². The number of benzene rings is 1. The van der Waals surface area contributed by atoms with Crippen LogP contribution in [0.5, 0.6) is 5.75 Å². The summed E-state index contributed by atoms with van der Waals surface area (Å²) in [7, 11) is -1.76. The lowest BCUT2D eigenvalue weighted by molar-refractivity contribution is 0.0722. The Bertz CT molecular complexity index is 821. The van der Waals surface area contributed by atoms with Crippen molar-refractivity contribution in [1.29, 1.82) is 0 Å². The smallest absolute Gasteiger partial charge is 0.257 e. The Morgan fingerprint density at radius 1 is 1.20 bits per heavy atom. The maximum absolute atomic E-state index is 12.7. The summed E-state index contributed by atoms with van der Waals surface area (Å²) in [5, 5.41) is -0.445. The van der Waals surface area contributed by atoms with Gasteiger partial charge in [0.25, 0.3) is 5.91 Å². The largest absolute Gasteiger partial charge is 0.496 e. The van der Waals surface area contributed by atoms with E-state index in [2.05, 4.69) is 0 Å². The van der Waals surface area contributed by atoms with Crippen molar-refractivity contribution in [2.24, 2.45) is 0 Å². The molecule has 1 fully saturated rings. The zero-order chi connectivity index (χ0) is 17.9. The molecule has 0 aliphatic carbocycles. The number of hydrogen-bond donors (Lipinski definition) is 0. The average Bonchev–Trinajstić information content (AvgIpc) is 3.13.